The number of rotatable bonds is 2. The second-order valence-electron chi connectivity index (χ2n) is 7.09. The maximum atomic E-state index is 6.30. The van der Waals surface area contributed by atoms with Crippen molar-refractivity contribution < 1.29 is 4.74 Å². The van der Waals surface area contributed by atoms with Gasteiger partial charge < -0.3 is 4.74 Å². The molecule has 5 rings (SSSR count). The number of para-hydroxylation sites is 1. The third kappa shape index (κ3) is 2.54. The summed E-state index contributed by atoms with van der Waals surface area (Å²) in [5.74, 6) is 2.13. The third-order valence-corrected chi connectivity index (χ3v) is 6.25. The quantitative estimate of drug-likeness (QED) is 0.475. The molecule has 0 spiro atoms. The van der Waals surface area contributed by atoms with Gasteiger partial charge in [-0.1, -0.05) is 25.1 Å². The number of fused-ring (bicyclic) bond motifs is 4. The lowest BCUT2D eigenvalue weighted by Crippen LogP contribution is -2.08. The molecule has 26 heavy (non-hydrogen) atoms. The van der Waals surface area contributed by atoms with Crippen molar-refractivity contribution in [3.8, 4) is 11.6 Å². The van der Waals surface area contributed by atoms with Crippen LogP contribution in [0.25, 0.3) is 21.1 Å². The van der Waals surface area contributed by atoms with E-state index in [2.05, 4.69) is 34.0 Å². The van der Waals surface area contributed by atoms with E-state index in [0.29, 0.717) is 5.88 Å². The molecule has 0 bridgehead atoms. The van der Waals surface area contributed by atoms with Crippen LogP contribution in [-0.2, 0) is 12.8 Å². The van der Waals surface area contributed by atoms with Gasteiger partial charge in [-0.05, 0) is 49.8 Å². The maximum absolute atomic E-state index is 6.30. The fourth-order valence-corrected chi connectivity index (χ4v) is 5.07. The first kappa shape index (κ1) is 15.7. The lowest BCUT2D eigenvalue weighted by Gasteiger charge is -2.18. The normalized spacial score (nSPS) is 16.8. The van der Waals surface area contributed by atoms with Gasteiger partial charge in [-0.15, -0.1) is 11.3 Å². The molecule has 1 aromatic carbocycles. The molecule has 1 aliphatic carbocycles. The van der Waals surface area contributed by atoms with Crippen LogP contribution in [0.2, 0.25) is 0 Å². The number of benzene rings is 1. The minimum atomic E-state index is 0.651. The molecule has 0 aliphatic heterocycles. The Morgan fingerprint density at radius 2 is 2.08 bits per heavy atom. The highest BCUT2D eigenvalue weighted by Crippen LogP contribution is 2.41. The molecular weight excluding hydrogens is 342 g/mol. The van der Waals surface area contributed by atoms with E-state index >= 15 is 0 Å². The van der Waals surface area contributed by atoms with Crippen molar-refractivity contribution in [2.45, 2.75) is 33.1 Å². The van der Waals surface area contributed by atoms with Gasteiger partial charge >= 0.3 is 0 Å². The van der Waals surface area contributed by atoms with Crippen molar-refractivity contribution in [2.75, 3.05) is 0 Å². The Labute approximate surface area is 155 Å². The largest absolute Gasteiger partial charge is 0.436 e. The highest BCUT2D eigenvalue weighted by Gasteiger charge is 2.24. The summed E-state index contributed by atoms with van der Waals surface area (Å²) in [6.45, 7) is 4.32. The Morgan fingerprint density at radius 1 is 1.15 bits per heavy atom. The minimum absolute atomic E-state index is 0.651. The fraction of sp³-hybridized carbons (Fsp3) is 0.286. The van der Waals surface area contributed by atoms with Gasteiger partial charge in [0.05, 0.1) is 5.39 Å². The molecule has 0 amide bonds. The van der Waals surface area contributed by atoms with E-state index in [0.717, 1.165) is 51.3 Å². The lowest BCUT2D eigenvalue weighted by molar-refractivity contribution is 0.470. The zero-order valence-electron chi connectivity index (χ0n) is 14.8. The summed E-state index contributed by atoms with van der Waals surface area (Å²) >= 11 is 1.79. The lowest BCUT2D eigenvalue weighted by atomic mass is 9.89. The van der Waals surface area contributed by atoms with E-state index in [1.807, 2.05) is 25.1 Å². The van der Waals surface area contributed by atoms with E-state index in [9.17, 15) is 0 Å². The molecule has 5 heteroatoms. The van der Waals surface area contributed by atoms with Gasteiger partial charge in [-0.3, -0.25) is 0 Å². The number of aryl methyl sites for hydroxylation is 2. The van der Waals surface area contributed by atoms with E-state index in [-0.39, 0.29) is 0 Å². The zero-order valence-corrected chi connectivity index (χ0v) is 15.6. The molecule has 130 valence electrons. The monoisotopic (exact) mass is 361 g/mol. The van der Waals surface area contributed by atoms with Gasteiger partial charge in [-0.2, -0.15) is 0 Å². The van der Waals surface area contributed by atoms with Crippen LogP contribution in [0.4, 0.5) is 0 Å². The van der Waals surface area contributed by atoms with E-state index in [4.69, 9.17) is 4.74 Å². The first-order valence-corrected chi connectivity index (χ1v) is 9.80. The number of ether oxygens (including phenoxy) is 1. The number of thiophene rings is 1. The number of pyridine rings is 1. The number of nitrogens with zero attached hydrogens (tertiary/aromatic N) is 3. The number of aromatic nitrogens is 3. The molecule has 0 N–H and O–H groups in total. The minimum Gasteiger partial charge on any atom is -0.436 e. The molecule has 1 atom stereocenters. The summed E-state index contributed by atoms with van der Waals surface area (Å²) in [4.78, 5) is 16.1. The SMILES string of the molecule is Cc1ccc2cccc(Oc3ncnc4sc5c(c34)CCC(C)C5)c2n1. The maximum Gasteiger partial charge on any atom is 0.231 e. The van der Waals surface area contributed by atoms with Crippen molar-refractivity contribution in [1.29, 1.82) is 0 Å². The van der Waals surface area contributed by atoms with Gasteiger partial charge in [0.1, 0.15) is 16.7 Å². The van der Waals surface area contributed by atoms with Gasteiger partial charge in [0.25, 0.3) is 0 Å². The van der Waals surface area contributed by atoms with Crippen LogP contribution in [0.5, 0.6) is 11.6 Å². The summed E-state index contributed by atoms with van der Waals surface area (Å²) in [6, 6.07) is 10.1. The third-order valence-electron chi connectivity index (χ3n) is 5.09. The first-order valence-electron chi connectivity index (χ1n) is 8.98. The number of hydrogen-bond donors (Lipinski definition) is 0. The Morgan fingerprint density at radius 3 is 3.00 bits per heavy atom. The molecule has 0 radical (unpaired) electrons. The van der Waals surface area contributed by atoms with Crippen LogP contribution in [-0.4, -0.2) is 15.0 Å². The van der Waals surface area contributed by atoms with Crippen molar-refractivity contribution >= 4 is 32.5 Å². The van der Waals surface area contributed by atoms with Crippen molar-refractivity contribution in [2.24, 2.45) is 5.92 Å². The smallest absolute Gasteiger partial charge is 0.231 e. The molecule has 4 aromatic rings. The van der Waals surface area contributed by atoms with Crippen molar-refractivity contribution in [1.82, 2.24) is 15.0 Å². The van der Waals surface area contributed by atoms with Crippen molar-refractivity contribution in [3.05, 3.63) is 52.8 Å². The molecule has 1 aliphatic rings. The van der Waals surface area contributed by atoms with Crippen LogP contribution in [0, 0.1) is 12.8 Å². The highest BCUT2D eigenvalue weighted by molar-refractivity contribution is 7.18. The van der Waals surface area contributed by atoms with Gasteiger partial charge in [0, 0.05) is 16.0 Å². The van der Waals surface area contributed by atoms with Gasteiger partial charge in [-0.25, -0.2) is 15.0 Å². The van der Waals surface area contributed by atoms with E-state index in [1.54, 1.807) is 17.7 Å². The van der Waals surface area contributed by atoms with Crippen LogP contribution < -0.4 is 4.74 Å². The fourth-order valence-electron chi connectivity index (χ4n) is 3.73. The molecule has 4 nitrogen and oxygen atoms in total. The zero-order chi connectivity index (χ0) is 17.7. The van der Waals surface area contributed by atoms with Crippen LogP contribution in [0.1, 0.15) is 29.5 Å². The number of hydrogen-bond acceptors (Lipinski definition) is 5. The molecule has 0 fully saturated rings. The Hall–Kier alpha value is -2.53. The molecule has 0 saturated heterocycles. The van der Waals surface area contributed by atoms with Crippen LogP contribution in [0.3, 0.4) is 0 Å². The highest BCUT2D eigenvalue weighted by atomic mass is 32.1. The molecular formula is C21H19N3OS. The molecule has 3 heterocycles. The Bertz CT molecular complexity index is 1130. The van der Waals surface area contributed by atoms with E-state index in [1.165, 1.54) is 16.9 Å². The molecule has 3 aromatic heterocycles. The topological polar surface area (TPSA) is 47.9 Å². The average Bonchev–Trinajstić information content (AvgIpc) is 3.00. The summed E-state index contributed by atoms with van der Waals surface area (Å²) in [7, 11) is 0. The predicted octanol–water partition coefficient (Wildman–Crippen LogP) is 5.47. The summed E-state index contributed by atoms with van der Waals surface area (Å²) in [5.41, 5.74) is 3.23. The second kappa shape index (κ2) is 6.02. The standard InChI is InChI=1S/C21H19N3OS/c1-12-6-9-15-17(10-12)26-21-18(15)20(22-11-23-21)25-16-5-3-4-14-8-7-13(2)24-19(14)16/h3-5,7-8,11-12H,6,9-10H2,1-2H3. The van der Waals surface area contributed by atoms with Crippen LogP contribution in [0.15, 0.2) is 36.7 Å². The van der Waals surface area contributed by atoms with Crippen molar-refractivity contribution in [3.63, 3.8) is 0 Å². The summed E-state index contributed by atoms with van der Waals surface area (Å²) in [5, 5.41) is 2.16. The van der Waals surface area contributed by atoms with E-state index < -0.39 is 0 Å². The Kier molecular flexibility index (Phi) is 3.64. The van der Waals surface area contributed by atoms with Gasteiger partial charge in [0.2, 0.25) is 5.88 Å². The molecule has 0 saturated carbocycles. The average molecular weight is 361 g/mol. The predicted molar refractivity (Wildman–Crippen MR) is 105 cm³/mol. The summed E-state index contributed by atoms with van der Waals surface area (Å²) < 4.78 is 6.30. The van der Waals surface area contributed by atoms with Crippen LogP contribution >= 0.6 is 11.3 Å². The summed E-state index contributed by atoms with van der Waals surface area (Å²) in [6.07, 6.45) is 5.02. The second-order valence-corrected chi connectivity index (χ2v) is 8.18. The Balaban J connectivity index is 1.66. The van der Waals surface area contributed by atoms with Gasteiger partial charge in [0.15, 0.2) is 5.75 Å². The first-order chi connectivity index (χ1) is 12.7. The molecule has 1 unspecified atom stereocenters.